The van der Waals surface area contributed by atoms with E-state index in [1.54, 1.807) is 31.2 Å². The molecule has 1 amide bonds. The quantitative estimate of drug-likeness (QED) is 0.240. The minimum atomic E-state index is -0.572. The van der Waals surface area contributed by atoms with Crippen LogP contribution in [0.2, 0.25) is 10.0 Å². The number of halogens is 2. The molecule has 1 N–H and O–H groups in total. The zero-order chi connectivity index (χ0) is 24.9. The number of hydrogen-bond donors (Lipinski definition) is 1. The van der Waals surface area contributed by atoms with Crippen LogP contribution in [0.1, 0.15) is 52.8 Å². The fourth-order valence-electron chi connectivity index (χ4n) is 3.82. The molecule has 2 aromatic carbocycles. The van der Waals surface area contributed by atoms with Crippen molar-refractivity contribution in [3.63, 3.8) is 0 Å². The normalized spacial score (nSPS) is 13.9. The Morgan fingerprint density at radius 3 is 2.60 bits per heavy atom. The van der Waals surface area contributed by atoms with Gasteiger partial charge in [0.15, 0.2) is 6.61 Å². The van der Waals surface area contributed by atoms with Crippen molar-refractivity contribution >= 4 is 40.8 Å². The van der Waals surface area contributed by atoms with E-state index in [1.807, 2.05) is 12.1 Å². The number of nitrogens with one attached hydrogen (secondary N) is 1. The highest BCUT2D eigenvalue weighted by Gasteiger charge is 2.29. The second-order valence-electron chi connectivity index (χ2n) is 8.05. The lowest BCUT2D eigenvalue weighted by Crippen LogP contribution is -2.27. The molecule has 35 heavy (non-hydrogen) atoms. The fourth-order valence-corrected chi connectivity index (χ4v) is 4.28. The summed E-state index contributed by atoms with van der Waals surface area (Å²) in [7, 11) is 0. The third-order valence-electron chi connectivity index (χ3n) is 5.62. The van der Waals surface area contributed by atoms with Gasteiger partial charge < -0.3 is 13.9 Å². The molecule has 0 atom stereocenters. The molecule has 0 aliphatic heterocycles. The fraction of sp³-hybridized carbons (Fsp3) is 0.269. The molecule has 0 radical (unpaired) electrons. The van der Waals surface area contributed by atoms with Gasteiger partial charge in [-0.1, -0.05) is 42.3 Å². The van der Waals surface area contributed by atoms with E-state index in [0.29, 0.717) is 51.4 Å². The van der Waals surface area contributed by atoms with Crippen molar-refractivity contribution in [1.29, 1.82) is 0 Å². The van der Waals surface area contributed by atoms with Crippen LogP contribution < -0.4 is 14.9 Å². The number of rotatable bonds is 7. The van der Waals surface area contributed by atoms with Crippen molar-refractivity contribution in [2.45, 2.75) is 39.5 Å². The number of aryl methyl sites for hydroxylation is 2. The van der Waals surface area contributed by atoms with Gasteiger partial charge in [-0.05, 0) is 62.1 Å². The largest absolute Gasteiger partial charge is 0.482 e. The maximum absolute atomic E-state index is 12.8. The average molecular weight is 515 g/mol. The molecule has 0 saturated carbocycles. The van der Waals surface area contributed by atoms with Crippen LogP contribution in [0.5, 0.6) is 11.5 Å². The molecule has 1 heterocycles. The van der Waals surface area contributed by atoms with Gasteiger partial charge in [0.05, 0.1) is 10.7 Å². The van der Waals surface area contributed by atoms with Gasteiger partial charge in [0, 0.05) is 22.6 Å². The molecular formula is C26H24Cl2N2O5. The Hall–Kier alpha value is -3.29. The van der Waals surface area contributed by atoms with Crippen LogP contribution in [0.4, 0.5) is 0 Å². The van der Waals surface area contributed by atoms with E-state index in [-0.39, 0.29) is 12.4 Å². The van der Waals surface area contributed by atoms with Crippen LogP contribution in [-0.4, -0.2) is 24.2 Å². The van der Waals surface area contributed by atoms with Crippen molar-refractivity contribution in [2.75, 3.05) is 6.61 Å². The lowest BCUT2D eigenvalue weighted by Gasteiger charge is -2.13. The highest BCUT2D eigenvalue weighted by Crippen LogP contribution is 2.31. The van der Waals surface area contributed by atoms with Gasteiger partial charge in [-0.15, -0.1) is 0 Å². The summed E-state index contributed by atoms with van der Waals surface area (Å²) in [4.78, 5) is 25.1. The number of ether oxygens (including phenoxy) is 2. The van der Waals surface area contributed by atoms with Crippen LogP contribution in [0.15, 0.2) is 52.0 Å². The Kier molecular flexibility index (Phi) is 7.78. The Labute approximate surface area is 213 Å². The first-order valence-electron chi connectivity index (χ1n) is 11.2. The zero-order valence-electron chi connectivity index (χ0n) is 19.3. The van der Waals surface area contributed by atoms with Crippen molar-refractivity contribution in [1.82, 2.24) is 5.43 Å². The molecule has 9 heteroatoms. The molecule has 1 aliphatic carbocycles. The van der Waals surface area contributed by atoms with Crippen LogP contribution in [0, 0.1) is 6.92 Å². The maximum atomic E-state index is 12.8. The molecule has 0 unspecified atom stereocenters. The molecule has 4 rings (SSSR count). The monoisotopic (exact) mass is 514 g/mol. The third-order valence-corrected chi connectivity index (χ3v) is 6.15. The molecule has 0 fully saturated rings. The molecule has 1 aromatic heterocycles. The predicted molar refractivity (Wildman–Crippen MR) is 134 cm³/mol. The molecule has 7 nitrogen and oxygen atoms in total. The number of benzene rings is 2. The first-order valence-corrected chi connectivity index (χ1v) is 12.0. The van der Waals surface area contributed by atoms with E-state index in [4.69, 9.17) is 37.1 Å². The van der Waals surface area contributed by atoms with Gasteiger partial charge in [-0.2, -0.15) is 5.10 Å². The van der Waals surface area contributed by atoms with Crippen LogP contribution in [0.25, 0.3) is 0 Å². The van der Waals surface area contributed by atoms with E-state index < -0.39 is 11.9 Å². The average Bonchev–Trinajstić information content (AvgIpc) is 3.20. The number of carbonyl (C=O) groups excluding carboxylic acids is 2. The zero-order valence-corrected chi connectivity index (χ0v) is 20.8. The van der Waals surface area contributed by atoms with Gasteiger partial charge in [0.1, 0.15) is 17.3 Å². The Morgan fingerprint density at radius 2 is 1.89 bits per heavy atom. The highest BCUT2D eigenvalue weighted by molar-refractivity contribution is 6.35. The van der Waals surface area contributed by atoms with Crippen molar-refractivity contribution in [3.05, 3.63) is 80.7 Å². The van der Waals surface area contributed by atoms with Crippen molar-refractivity contribution in [2.24, 2.45) is 5.10 Å². The number of amides is 1. The predicted octanol–water partition coefficient (Wildman–Crippen LogP) is 5.91. The third kappa shape index (κ3) is 5.86. The number of hydrazone groups is 1. The number of nitrogens with zero attached hydrogens (tertiary/aromatic N) is 1. The number of hydrogen-bond acceptors (Lipinski definition) is 6. The van der Waals surface area contributed by atoms with Gasteiger partial charge in [0.2, 0.25) is 5.76 Å². The van der Waals surface area contributed by atoms with Crippen LogP contribution in [-0.2, 0) is 17.6 Å². The number of furan rings is 1. The van der Waals surface area contributed by atoms with Crippen LogP contribution >= 0.6 is 23.2 Å². The topological polar surface area (TPSA) is 90.1 Å². The minimum Gasteiger partial charge on any atom is -0.482 e. The first-order chi connectivity index (χ1) is 16.9. The summed E-state index contributed by atoms with van der Waals surface area (Å²) in [6, 6.07) is 12.1. The van der Waals surface area contributed by atoms with Crippen molar-refractivity contribution in [3.8, 4) is 11.5 Å². The second kappa shape index (κ2) is 11.0. The molecule has 1 aliphatic rings. The van der Waals surface area contributed by atoms with Crippen LogP contribution in [0.3, 0.4) is 0 Å². The van der Waals surface area contributed by atoms with Gasteiger partial charge in [0.25, 0.3) is 5.91 Å². The summed E-state index contributed by atoms with van der Waals surface area (Å²) in [6.45, 7) is 3.57. The standard InChI is InChI=1S/C26H24Cl2N2O5/c1-3-16-7-10-18(11-8-16)34-26(32)25-15(2)24-20(5-4-6-22(24)35-25)29-30-23(31)14-33-21-12-9-17(27)13-19(21)28/h7-13H,3-6,14H2,1-2H3,(H,30,31)/b29-20+. The molecule has 182 valence electrons. The highest BCUT2D eigenvalue weighted by atomic mass is 35.5. The molecule has 0 bridgehead atoms. The smallest absolute Gasteiger partial charge is 0.379 e. The lowest BCUT2D eigenvalue weighted by molar-refractivity contribution is -0.123. The lowest BCUT2D eigenvalue weighted by atomic mass is 9.93. The van der Waals surface area contributed by atoms with E-state index in [2.05, 4.69) is 17.5 Å². The van der Waals surface area contributed by atoms with E-state index in [9.17, 15) is 9.59 Å². The number of esters is 1. The molecule has 0 spiro atoms. The van der Waals surface area contributed by atoms with E-state index >= 15 is 0 Å². The Bertz CT molecular complexity index is 1280. The van der Waals surface area contributed by atoms with Crippen molar-refractivity contribution < 1.29 is 23.5 Å². The summed E-state index contributed by atoms with van der Waals surface area (Å²) < 4.78 is 16.8. The second-order valence-corrected chi connectivity index (χ2v) is 8.90. The molecule has 3 aromatic rings. The maximum Gasteiger partial charge on any atom is 0.379 e. The summed E-state index contributed by atoms with van der Waals surface area (Å²) in [5.74, 6) is 0.556. The summed E-state index contributed by atoms with van der Waals surface area (Å²) in [5, 5.41) is 5.06. The SMILES string of the molecule is CCc1ccc(OC(=O)c2oc3c(c2C)/C(=N/NC(=O)COc2ccc(Cl)cc2Cl)CCC3)cc1. The van der Waals surface area contributed by atoms with Gasteiger partial charge in [-0.3, -0.25) is 4.79 Å². The number of carbonyl (C=O) groups is 2. The Balaban J connectivity index is 1.44. The summed E-state index contributed by atoms with van der Waals surface area (Å²) >= 11 is 11.9. The minimum absolute atomic E-state index is 0.135. The van der Waals surface area contributed by atoms with E-state index in [0.717, 1.165) is 24.0 Å². The first kappa shape index (κ1) is 24.8. The molecular weight excluding hydrogens is 491 g/mol. The van der Waals surface area contributed by atoms with Gasteiger partial charge in [-0.25, -0.2) is 10.2 Å². The summed E-state index contributed by atoms with van der Waals surface area (Å²) in [5.41, 5.74) is 5.66. The summed E-state index contributed by atoms with van der Waals surface area (Å²) in [6.07, 6.45) is 2.97. The molecule has 0 saturated heterocycles. The Morgan fingerprint density at radius 1 is 1.11 bits per heavy atom. The van der Waals surface area contributed by atoms with Gasteiger partial charge >= 0.3 is 5.97 Å². The number of fused-ring (bicyclic) bond motifs is 1. The van der Waals surface area contributed by atoms with E-state index in [1.165, 1.54) is 6.07 Å².